The van der Waals surface area contributed by atoms with Crippen LogP contribution in [0.15, 0.2) is 22.7 Å². The molecule has 1 aromatic rings. The van der Waals surface area contributed by atoms with Crippen molar-refractivity contribution in [1.29, 1.82) is 0 Å². The number of carbonyl (C=O) groups excluding carboxylic acids is 1. The number of hydrogen-bond acceptors (Lipinski definition) is 4. The predicted molar refractivity (Wildman–Crippen MR) is 64.3 cm³/mol. The Kier molecular flexibility index (Phi) is 4.76. The second-order valence-electron chi connectivity index (χ2n) is 3.34. The van der Waals surface area contributed by atoms with Crippen LogP contribution in [0.3, 0.4) is 0 Å². The monoisotopic (exact) mass is 287 g/mol. The average Bonchev–Trinajstić information content (AvgIpc) is 2.26. The first-order valence-electron chi connectivity index (χ1n) is 4.79. The van der Waals surface area contributed by atoms with E-state index in [1.54, 1.807) is 6.07 Å². The van der Waals surface area contributed by atoms with Crippen LogP contribution in [-0.4, -0.2) is 19.7 Å². The molecule has 0 spiro atoms. The van der Waals surface area contributed by atoms with Crippen LogP contribution in [0, 0.1) is 0 Å². The highest BCUT2D eigenvalue weighted by Gasteiger charge is 2.10. The predicted octanol–water partition coefficient (Wildman–Crippen LogP) is 2.02. The lowest BCUT2D eigenvalue weighted by atomic mass is 10.1. The van der Waals surface area contributed by atoms with Gasteiger partial charge in [0.2, 0.25) is 0 Å². The van der Waals surface area contributed by atoms with Gasteiger partial charge < -0.3 is 15.2 Å². The molecule has 0 fully saturated rings. The standard InChI is InChI=1S/C11H14BrNO3/c1-7(13)9-5-8(12)3-4-10(9)16-6-11(14)15-2/h3-5,7H,6,13H2,1-2H3/t7-/m0/s1. The van der Waals surface area contributed by atoms with Crippen molar-refractivity contribution in [3.63, 3.8) is 0 Å². The van der Waals surface area contributed by atoms with Gasteiger partial charge in [-0.3, -0.25) is 0 Å². The smallest absolute Gasteiger partial charge is 0.343 e. The number of rotatable bonds is 4. The molecular formula is C11H14BrNO3. The summed E-state index contributed by atoms with van der Waals surface area (Å²) in [5.74, 6) is 0.183. The summed E-state index contributed by atoms with van der Waals surface area (Å²) < 4.78 is 10.7. The highest BCUT2D eigenvalue weighted by Crippen LogP contribution is 2.27. The summed E-state index contributed by atoms with van der Waals surface area (Å²) in [7, 11) is 1.32. The van der Waals surface area contributed by atoms with Gasteiger partial charge in [0.1, 0.15) is 5.75 Å². The van der Waals surface area contributed by atoms with E-state index in [1.165, 1.54) is 7.11 Å². The van der Waals surface area contributed by atoms with Crippen molar-refractivity contribution in [2.75, 3.05) is 13.7 Å². The minimum absolute atomic E-state index is 0.113. The number of nitrogens with two attached hydrogens (primary N) is 1. The zero-order valence-corrected chi connectivity index (χ0v) is 10.8. The molecule has 0 aliphatic heterocycles. The fourth-order valence-corrected chi connectivity index (χ4v) is 1.58. The molecular weight excluding hydrogens is 274 g/mol. The Morgan fingerprint density at radius 2 is 2.25 bits per heavy atom. The number of esters is 1. The van der Waals surface area contributed by atoms with E-state index < -0.39 is 5.97 Å². The molecule has 16 heavy (non-hydrogen) atoms. The minimum atomic E-state index is -0.418. The zero-order valence-electron chi connectivity index (χ0n) is 9.20. The molecule has 0 amide bonds. The molecule has 0 aromatic heterocycles. The van der Waals surface area contributed by atoms with Crippen LogP contribution in [-0.2, 0) is 9.53 Å². The summed E-state index contributed by atoms with van der Waals surface area (Å²) in [6.45, 7) is 1.74. The molecule has 1 rings (SSSR count). The maximum atomic E-state index is 10.9. The molecule has 0 heterocycles. The number of halogens is 1. The third kappa shape index (κ3) is 3.50. The van der Waals surface area contributed by atoms with E-state index in [-0.39, 0.29) is 12.6 Å². The van der Waals surface area contributed by atoms with E-state index in [0.29, 0.717) is 5.75 Å². The normalized spacial score (nSPS) is 12.0. The molecule has 1 atom stereocenters. The van der Waals surface area contributed by atoms with Crippen LogP contribution in [0.1, 0.15) is 18.5 Å². The second-order valence-corrected chi connectivity index (χ2v) is 4.25. The number of methoxy groups -OCH3 is 1. The van der Waals surface area contributed by atoms with Gasteiger partial charge in [0.15, 0.2) is 6.61 Å². The molecule has 0 bridgehead atoms. The van der Waals surface area contributed by atoms with E-state index in [2.05, 4.69) is 20.7 Å². The van der Waals surface area contributed by atoms with Crippen molar-refractivity contribution in [2.24, 2.45) is 5.73 Å². The first-order chi connectivity index (χ1) is 7.54. The maximum absolute atomic E-state index is 10.9. The minimum Gasteiger partial charge on any atom is -0.482 e. The Labute approximate surface area is 103 Å². The Morgan fingerprint density at radius 1 is 1.56 bits per heavy atom. The van der Waals surface area contributed by atoms with Crippen molar-refractivity contribution >= 4 is 21.9 Å². The van der Waals surface area contributed by atoms with Crippen molar-refractivity contribution < 1.29 is 14.3 Å². The molecule has 5 heteroatoms. The lowest BCUT2D eigenvalue weighted by Gasteiger charge is -2.13. The van der Waals surface area contributed by atoms with E-state index in [9.17, 15) is 4.79 Å². The third-order valence-electron chi connectivity index (χ3n) is 2.04. The highest BCUT2D eigenvalue weighted by molar-refractivity contribution is 9.10. The topological polar surface area (TPSA) is 61.5 Å². The van der Waals surface area contributed by atoms with Gasteiger partial charge >= 0.3 is 5.97 Å². The SMILES string of the molecule is COC(=O)COc1ccc(Br)cc1[C@H](C)N. The number of benzene rings is 1. The maximum Gasteiger partial charge on any atom is 0.343 e. The highest BCUT2D eigenvalue weighted by atomic mass is 79.9. The first kappa shape index (κ1) is 13.0. The summed E-state index contributed by atoms with van der Waals surface area (Å²) in [4.78, 5) is 10.9. The molecule has 0 saturated carbocycles. The van der Waals surface area contributed by atoms with Gasteiger partial charge in [0.05, 0.1) is 7.11 Å². The average molecular weight is 288 g/mol. The summed E-state index contributed by atoms with van der Waals surface area (Å²) in [5.41, 5.74) is 6.65. The molecule has 0 radical (unpaired) electrons. The zero-order chi connectivity index (χ0) is 12.1. The fourth-order valence-electron chi connectivity index (χ4n) is 1.20. The van der Waals surface area contributed by atoms with Crippen LogP contribution >= 0.6 is 15.9 Å². The molecule has 0 aliphatic carbocycles. The van der Waals surface area contributed by atoms with E-state index >= 15 is 0 Å². The molecule has 2 N–H and O–H groups in total. The molecule has 4 nitrogen and oxygen atoms in total. The van der Waals surface area contributed by atoms with Crippen LogP contribution in [0.4, 0.5) is 0 Å². The molecule has 1 aromatic carbocycles. The summed E-state index contributed by atoms with van der Waals surface area (Å²) in [6, 6.07) is 5.31. The van der Waals surface area contributed by atoms with Gasteiger partial charge in [-0.15, -0.1) is 0 Å². The van der Waals surface area contributed by atoms with Gasteiger partial charge in [0.25, 0.3) is 0 Å². The third-order valence-corrected chi connectivity index (χ3v) is 2.53. The summed E-state index contributed by atoms with van der Waals surface area (Å²) in [5, 5.41) is 0. The first-order valence-corrected chi connectivity index (χ1v) is 5.58. The Bertz CT molecular complexity index is 379. The van der Waals surface area contributed by atoms with Crippen molar-refractivity contribution in [3.05, 3.63) is 28.2 Å². The quantitative estimate of drug-likeness (QED) is 0.861. The fraction of sp³-hybridized carbons (Fsp3) is 0.364. The Balaban J connectivity index is 2.82. The van der Waals surface area contributed by atoms with E-state index in [1.807, 2.05) is 19.1 Å². The van der Waals surface area contributed by atoms with Gasteiger partial charge in [-0.1, -0.05) is 15.9 Å². The lowest BCUT2D eigenvalue weighted by molar-refractivity contribution is -0.142. The number of carbonyl (C=O) groups is 1. The lowest BCUT2D eigenvalue weighted by Crippen LogP contribution is -2.15. The van der Waals surface area contributed by atoms with Crippen LogP contribution in [0.5, 0.6) is 5.75 Å². The Morgan fingerprint density at radius 3 is 2.81 bits per heavy atom. The van der Waals surface area contributed by atoms with Crippen LogP contribution < -0.4 is 10.5 Å². The van der Waals surface area contributed by atoms with Crippen LogP contribution in [0.25, 0.3) is 0 Å². The number of ether oxygens (including phenoxy) is 2. The van der Waals surface area contributed by atoms with Crippen molar-refractivity contribution in [2.45, 2.75) is 13.0 Å². The Hall–Kier alpha value is -1.07. The largest absolute Gasteiger partial charge is 0.482 e. The van der Waals surface area contributed by atoms with Gasteiger partial charge in [-0.2, -0.15) is 0 Å². The van der Waals surface area contributed by atoms with Crippen molar-refractivity contribution in [3.8, 4) is 5.75 Å². The molecule has 0 saturated heterocycles. The van der Waals surface area contributed by atoms with Gasteiger partial charge in [-0.25, -0.2) is 4.79 Å². The summed E-state index contributed by atoms with van der Waals surface area (Å²) >= 11 is 3.36. The van der Waals surface area contributed by atoms with E-state index in [4.69, 9.17) is 10.5 Å². The number of hydrogen-bond donors (Lipinski definition) is 1. The molecule has 88 valence electrons. The molecule has 0 unspecified atom stereocenters. The molecule has 0 aliphatic rings. The second kappa shape index (κ2) is 5.86. The van der Waals surface area contributed by atoms with E-state index in [0.717, 1.165) is 10.0 Å². The van der Waals surface area contributed by atoms with Crippen molar-refractivity contribution in [1.82, 2.24) is 0 Å². The van der Waals surface area contributed by atoms with Crippen LogP contribution in [0.2, 0.25) is 0 Å². The van der Waals surface area contributed by atoms with Gasteiger partial charge in [-0.05, 0) is 25.1 Å². The summed E-state index contributed by atoms with van der Waals surface area (Å²) in [6.07, 6.45) is 0. The van der Waals surface area contributed by atoms with Gasteiger partial charge in [0, 0.05) is 16.1 Å².